The topological polar surface area (TPSA) is 24.7 Å². The molecule has 0 amide bonds. The highest BCUT2D eigenvalue weighted by Crippen LogP contribution is 2.32. The number of fused-ring (bicyclic) bond motifs is 2. The Hall–Kier alpha value is -9.31. The molecule has 0 aliphatic carbocycles. The number of hydrogen-bond donors (Lipinski definition) is 0. The molecule has 0 bridgehead atoms. The number of benzene rings is 9. The summed E-state index contributed by atoms with van der Waals surface area (Å²) in [5, 5.41) is -6.89. The first-order valence-electron chi connectivity index (χ1n) is 22.5. The third-order valence-electron chi connectivity index (χ3n) is 13.6. The number of hydrogen-bond acceptors (Lipinski definition) is 2. The molecule has 0 fully saturated rings. The molecule has 0 N–H and O–H groups in total. The molecule has 0 aliphatic heterocycles. The fourth-order valence-electron chi connectivity index (χ4n) is 9.88. The Bertz CT molecular complexity index is 3900. The van der Waals surface area contributed by atoms with Gasteiger partial charge in [-0.15, -0.1) is 0 Å². The highest BCUT2D eigenvalue weighted by atomic mass is 19.2. The van der Waals surface area contributed by atoms with Gasteiger partial charge in [0.05, 0.1) is 0 Å². The molecule has 0 aliphatic rings. The van der Waals surface area contributed by atoms with Crippen LogP contribution in [0.4, 0.5) is 132 Å². The Morgan fingerprint density at radius 3 is 0.430 bits per heavy atom. The quantitative estimate of drug-likeness (QED) is 0.0362. The molecule has 0 heterocycles. The van der Waals surface area contributed by atoms with Crippen LogP contribution in [0.2, 0.25) is 0 Å². The summed E-state index contributed by atoms with van der Waals surface area (Å²) in [6, 6.07) is 5.27. The molecule has 0 saturated heterocycles. The molecule has 86 heavy (non-hydrogen) atoms. The van der Waals surface area contributed by atoms with Gasteiger partial charge in [0, 0.05) is 32.0 Å². The van der Waals surface area contributed by atoms with Gasteiger partial charge in [0.25, 0.3) is 0 Å². The van der Waals surface area contributed by atoms with Crippen molar-refractivity contribution in [2.45, 2.75) is 0 Å². The van der Waals surface area contributed by atoms with Crippen molar-refractivity contribution in [1.82, 2.24) is 0 Å². The smallest absolute Gasteiger partial charge is 0.214 e. The van der Waals surface area contributed by atoms with Gasteiger partial charge >= 0.3 is 0 Å². The van der Waals surface area contributed by atoms with Gasteiger partial charge in [0.2, 0.25) is 12.6 Å². The molecule has 0 radical (unpaired) electrons. The largest absolute Gasteiger partial charge is 0.442 e. The lowest BCUT2D eigenvalue weighted by Gasteiger charge is -2.40. The third-order valence-corrected chi connectivity index (χ3v) is 13.6. The maximum absolute atomic E-state index is 16.4. The van der Waals surface area contributed by atoms with Gasteiger partial charge in [-0.05, 0) is 0 Å². The maximum Gasteiger partial charge on any atom is 0.214 e. The van der Waals surface area contributed by atoms with E-state index in [1.165, 1.54) is 11.7 Å². The molecule has 9 aromatic rings. The minimum atomic E-state index is -6.83. The normalized spacial score (nSPS) is 12.0. The van der Waals surface area contributed by atoms with Gasteiger partial charge in [0.1, 0.15) is 69.8 Å². The third kappa shape index (κ3) is 8.33. The van der Waals surface area contributed by atoms with Crippen LogP contribution in [0.25, 0.3) is 21.5 Å². The molecule has 34 heteroatoms. The van der Waals surface area contributed by atoms with Crippen LogP contribution < -0.4 is 43.2 Å². The summed E-state index contributed by atoms with van der Waals surface area (Å²) in [6.45, 7) is 0. The van der Waals surface area contributed by atoms with E-state index in [0.717, 1.165) is 24.3 Å². The van der Waals surface area contributed by atoms with E-state index in [0.29, 0.717) is 24.3 Å². The molecular formula is C52H8B2F30N2-2. The van der Waals surface area contributed by atoms with Crippen LogP contribution in [0.3, 0.4) is 0 Å². The summed E-state index contributed by atoms with van der Waals surface area (Å²) < 4.78 is 469. The van der Waals surface area contributed by atoms with Crippen molar-refractivity contribution in [1.29, 1.82) is 0 Å². The van der Waals surface area contributed by atoms with Gasteiger partial charge in [-0.2, -0.15) is 0 Å². The Kier molecular flexibility index (Phi) is 15.2. The van der Waals surface area contributed by atoms with Crippen LogP contribution in [0.1, 0.15) is 0 Å². The monoisotopic (exact) mass is 1250 g/mol. The minimum absolute atomic E-state index is 0.561. The van der Waals surface area contributed by atoms with Crippen LogP contribution in [0, 0.1) is 175 Å². The molecule has 2 nitrogen and oxygen atoms in total. The average molecular weight is 1250 g/mol. The van der Waals surface area contributed by atoms with Crippen LogP contribution in [0.15, 0.2) is 58.3 Å². The summed E-state index contributed by atoms with van der Waals surface area (Å²) in [6.07, 6.45) is -13.7. The molecule has 0 spiro atoms. The molecule has 444 valence electrons. The molecule has 0 unspecified atom stereocenters. The van der Waals surface area contributed by atoms with E-state index >= 15 is 105 Å². The van der Waals surface area contributed by atoms with Crippen molar-refractivity contribution >= 4 is 78.6 Å². The SMILES string of the molecule is Fc1c(F)c(F)c([B-](N=C=c2c3ccccc3c(=C=N[B-](c3c(F)c(F)c(F)c(F)c3F)(c3c(F)c(F)c(F)c(F)c3F)c3c(F)c(F)c(F)c(F)c3F)c3ccccc23)(c2c(F)c(F)c(F)c(F)c2F)c2c(F)c(F)c(F)c(F)c2F)c(F)c1F. The summed E-state index contributed by atoms with van der Waals surface area (Å²) in [5.74, 6) is -101. The Morgan fingerprint density at radius 1 is 0.186 bits per heavy atom. The number of nitrogens with zero attached hydrogens (tertiary/aromatic N) is 2. The van der Waals surface area contributed by atoms with Crippen molar-refractivity contribution in [3.63, 3.8) is 0 Å². The fraction of sp³-hybridized carbons (Fsp3) is 0. The molecule has 0 atom stereocenters. The van der Waals surface area contributed by atoms with Gasteiger partial charge in [-0.3, -0.25) is 0 Å². The summed E-state index contributed by atoms with van der Waals surface area (Å²) >= 11 is 0. The first-order valence-corrected chi connectivity index (χ1v) is 22.5. The van der Waals surface area contributed by atoms with Crippen molar-refractivity contribution < 1.29 is 132 Å². The molecular weight excluding hydrogens is 1240 g/mol. The lowest BCUT2D eigenvalue weighted by atomic mass is 9.24. The summed E-state index contributed by atoms with van der Waals surface area (Å²) in [4.78, 5) is 6.22. The van der Waals surface area contributed by atoms with E-state index < -0.39 is 252 Å². The summed E-state index contributed by atoms with van der Waals surface area (Å²) in [5.41, 5.74) is -19.8. The van der Waals surface area contributed by atoms with Crippen LogP contribution in [-0.2, 0) is 0 Å². The van der Waals surface area contributed by atoms with Gasteiger partial charge in [-0.25, -0.2) is 132 Å². The van der Waals surface area contributed by atoms with Crippen molar-refractivity contribution in [2.75, 3.05) is 0 Å². The maximum atomic E-state index is 16.4. The highest BCUT2D eigenvalue weighted by molar-refractivity contribution is 7.11. The zero-order chi connectivity index (χ0) is 63.7. The van der Waals surface area contributed by atoms with Crippen molar-refractivity contribution in [3.05, 3.63) is 233 Å². The number of halogens is 30. The first kappa shape index (κ1) is 61.3. The average Bonchev–Trinajstić information content (AvgIpc) is 0.743. The van der Waals surface area contributed by atoms with Crippen molar-refractivity contribution in [3.8, 4) is 0 Å². The Balaban J connectivity index is 1.65. The molecule has 0 saturated carbocycles. The van der Waals surface area contributed by atoms with Gasteiger partial charge in [-0.1, -0.05) is 93.0 Å². The number of rotatable bonds is 8. The van der Waals surface area contributed by atoms with Gasteiger partial charge < -0.3 is 9.81 Å². The molecule has 9 aromatic carbocycles. The van der Waals surface area contributed by atoms with E-state index in [2.05, 4.69) is 9.81 Å². The zero-order valence-electron chi connectivity index (χ0n) is 40.0. The van der Waals surface area contributed by atoms with Crippen LogP contribution in [-0.4, -0.2) is 24.3 Å². The summed E-state index contributed by atoms with van der Waals surface area (Å²) in [7, 11) is 0. The lowest BCUT2D eigenvalue weighted by molar-refractivity contribution is 0.379. The Labute approximate surface area is 453 Å². The second-order valence-electron chi connectivity index (χ2n) is 17.9. The second-order valence-corrected chi connectivity index (χ2v) is 17.9. The van der Waals surface area contributed by atoms with Crippen LogP contribution in [0.5, 0.6) is 0 Å². The predicted octanol–water partition coefficient (Wildman–Crippen LogP) is 10.2. The standard InChI is InChI=1S/C52H8B2F30N2/c55-23-17(24(56)36(68)47(79)35(23)67)53(18-25(57)37(69)48(80)38(70)26(18)58,19-27(59)39(71)49(81)40(72)28(19)60)85-9-15-11-5-1-2-6-12(11)16(14-8-4-3-7-13(14)15)10-86-54(20-29(61)41(73)50(82)42(74)30(20)62,21-31(63)43(75)51(83)44(76)32(21)64)22-33(65)45(77)52(84)46(78)34(22)66/h1-8H/q-2. The van der Waals surface area contributed by atoms with E-state index in [1.807, 2.05) is 0 Å². The predicted molar refractivity (Wildman–Crippen MR) is 240 cm³/mol. The fourth-order valence-corrected chi connectivity index (χ4v) is 9.88. The van der Waals surface area contributed by atoms with E-state index in [9.17, 15) is 26.3 Å². The molecule has 9 rings (SSSR count). The van der Waals surface area contributed by atoms with E-state index in [-0.39, 0.29) is 0 Å². The van der Waals surface area contributed by atoms with Crippen LogP contribution >= 0.6 is 0 Å². The van der Waals surface area contributed by atoms with Crippen molar-refractivity contribution in [2.24, 2.45) is 9.81 Å². The second kappa shape index (κ2) is 21.3. The highest BCUT2D eigenvalue weighted by Gasteiger charge is 2.51. The lowest BCUT2D eigenvalue weighted by Crippen LogP contribution is -2.72. The minimum Gasteiger partial charge on any atom is -0.442 e. The first-order chi connectivity index (χ1) is 40.2. The van der Waals surface area contributed by atoms with Gasteiger partial charge in [0.15, 0.2) is 105 Å². The molecule has 0 aromatic heterocycles. The Morgan fingerprint density at radius 2 is 0.302 bits per heavy atom. The van der Waals surface area contributed by atoms with E-state index in [1.54, 1.807) is 0 Å². The zero-order valence-corrected chi connectivity index (χ0v) is 40.0. The van der Waals surface area contributed by atoms with E-state index in [4.69, 9.17) is 0 Å².